The Morgan fingerprint density at radius 2 is 1.84 bits per heavy atom. The largest absolute Gasteiger partial charge is 0.490 e. The lowest BCUT2D eigenvalue weighted by molar-refractivity contribution is -0.120. The first-order valence-electron chi connectivity index (χ1n) is 7.84. The molecule has 1 fully saturated rings. The summed E-state index contributed by atoms with van der Waals surface area (Å²) in [5.41, 5.74) is 7.47. The second-order valence-electron chi connectivity index (χ2n) is 6.07. The van der Waals surface area contributed by atoms with Gasteiger partial charge >= 0.3 is 29.2 Å². The van der Waals surface area contributed by atoms with Crippen LogP contribution < -0.4 is 17.2 Å². The topological polar surface area (TPSA) is 276 Å². The number of rotatable bonds is 9. The van der Waals surface area contributed by atoms with Gasteiger partial charge in [0.05, 0.1) is 6.61 Å². The standard InChI is InChI=1S/C10H18FN4O13P3/c11-6-7(16)10(3-12,26-8(6)15-2-1-5(13)14-9(15)17)4-25-30(21,22)28-31(23,24)27-29(18,19)20/h1-2,6-8,16H,3-4,12H2,(H,21,22)(H,23,24)(H2,13,14,17)(H2,18,19,20). The maximum absolute atomic E-state index is 14.6. The van der Waals surface area contributed by atoms with Gasteiger partial charge in [0, 0.05) is 12.7 Å². The highest BCUT2D eigenvalue weighted by atomic mass is 31.3. The Morgan fingerprint density at radius 3 is 2.35 bits per heavy atom. The number of alkyl halides is 1. The molecule has 0 bridgehead atoms. The Morgan fingerprint density at radius 1 is 1.23 bits per heavy atom. The van der Waals surface area contributed by atoms with Gasteiger partial charge in [-0.15, -0.1) is 0 Å². The van der Waals surface area contributed by atoms with Gasteiger partial charge in [-0.05, 0) is 6.07 Å². The van der Waals surface area contributed by atoms with Crippen molar-refractivity contribution in [3.05, 3.63) is 22.7 Å². The Hall–Kier alpha value is -1.10. The van der Waals surface area contributed by atoms with E-state index in [1.807, 2.05) is 0 Å². The van der Waals surface area contributed by atoms with Crippen LogP contribution in [-0.4, -0.2) is 65.3 Å². The summed E-state index contributed by atoms with van der Waals surface area (Å²) in [6.07, 6.45) is -5.28. The highest BCUT2D eigenvalue weighted by molar-refractivity contribution is 7.66. The summed E-state index contributed by atoms with van der Waals surface area (Å²) in [5, 5.41) is 10.2. The summed E-state index contributed by atoms with van der Waals surface area (Å²) in [7, 11) is -17.0. The second kappa shape index (κ2) is 9.03. The van der Waals surface area contributed by atoms with Crippen molar-refractivity contribution in [3.63, 3.8) is 0 Å². The van der Waals surface area contributed by atoms with Crippen LogP contribution in [0.25, 0.3) is 0 Å². The molecule has 1 aromatic heterocycles. The van der Waals surface area contributed by atoms with Crippen LogP contribution in [0, 0.1) is 0 Å². The smallest absolute Gasteiger partial charge is 0.387 e. The minimum absolute atomic E-state index is 0.187. The molecule has 0 amide bonds. The average molecular weight is 514 g/mol. The molecule has 1 aromatic rings. The van der Waals surface area contributed by atoms with Crippen molar-refractivity contribution in [1.82, 2.24) is 9.55 Å². The maximum atomic E-state index is 14.6. The highest BCUT2D eigenvalue weighted by Crippen LogP contribution is 2.66. The van der Waals surface area contributed by atoms with Gasteiger partial charge in [-0.25, -0.2) is 22.9 Å². The molecule has 6 atom stereocenters. The third-order valence-electron chi connectivity index (χ3n) is 3.83. The van der Waals surface area contributed by atoms with E-state index in [0.717, 1.165) is 12.3 Å². The zero-order valence-corrected chi connectivity index (χ0v) is 17.8. The van der Waals surface area contributed by atoms with E-state index in [-0.39, 0.29) is 5.82 Å². The number of hydrogen-bond donors (Lipinski definition) is 7. The number of aliphatic hydroxyl groups excluding tert-OH is 1. The second-order valence-corrected chi connectivity index (χ2v) is 10.5. The number of aliphatic hydroxyl groups is 1. The molecule has 2 rings (SSSR count). The van der Waals surface area contributed by atoms with Gasteiger partial charge in [-0.2, -0.15) is 13.6 Å². The highest BCUT2D eigenvalue weighted by Gasteiger charge is 2.57. The Bertz CT molecular complexity index is 1020. The van der Waals surface area contributed by atoms with Crippen molar-refractivity contribution >= 4 is 29.3 Å². The molecule has 0 aromatic carbocycles. The van der Waals surface area contributed by atoms with Crippen molar-refractivity contribution in [2.24, 2.45) is 5.73 Å². The van der Waals surface area contributed by atoms with Crippen LogP contribution in [0.1, 0.15) is 6.23 Å². The van der Waals surface area contributed by atoms with Crippen LogP contribution in [0.4, 0.5) is 10.2 Å². The van der Waals surface area contributed by atoms with Crippen molar-refractivity contribution in [1.29, 1.82) is 0 Å². The number of anilines is 1. The summed E-state index contributed by atoms with van der Waals surface area (Å²) < 4.78 is 65.8. The van der Waals surface area contributed by atoms with Gasteiger partial charge in [0.2, 0.25) is 0 Å². The number of nitrogens with zero attached hydrogens (tertiary/aromatic N) is 2. The molecule has 178 valence electrons. The summed E-state index contributed by atoms with van der Waals surface area (Å²) in [4.78, 5) is 50.9. The predicted molar refractivity (Wildman–Crippen MR) is 95.5 cm³/mol. The quantitative estimate of drug-likeness (QED) is 0.177. The van der Waals surface area contributed by atoms with Crippen molar-refractivity contribution in [3.8, 4) is 0 Å². The van der Waals surface area contributed by atoms with E-state index < -0.39 is 66.4 Å². The van der Waals surface area contributed by atoms with E-state index in [4.69, 9.17) is 30.9 Å². The first kappa shape index (κ1) is 26.2. The molecule has 2 heterocycles. The monoisotopic (exact) mass is 514 g/mol. The lowest BCUT2D eigenvalue weighted by atomic mass is 9.97. The zero-order chi connectivity index (χ0) is 23.8. The number of halogens is 1. The predicted octanol–water partition coefficient (Wildman–Crippen LogP) is -1.91. The van der Waals surface area contributed by atoms with E-state index >= 15 is 0 Å². The van der Waals surface area contributed by atoms with Gasteiger partial charge in [0.25, 0.3) is 0 Å². The third kappa shape index (κ3) is 6.46. The van der Waals surface area contributed by atoms with Crippen LogP contribution in [0.15, 0.2) is 17.1 Å². The summed E-state index contributed by atoms with van der Waals surface area (Å²) in [5.74, 6) is -0.187. The minimum atomic E-state index is -5.80. The van der Waals surface area contributed by atoms with Crippen LogP contribution >= 0.6 is 23.5 Å². The first-order valence-corrected chi connectivity index (χ1v) is 12.4. The van der Waals surface area contributed by atoms with Gasteiger partial charge in [0.1, 0.15) is 17.5 Å². The van der Waals surface area contributed by atoms with Gasteiger partial charge in [-0.3, -0.25) is 9.09 Å². The Kier molecular flexibility index (Phi) is 7.62. The van der Waals surface area contributed by atoms with Gasteiger partial charge in [-0.1, -0.05) is 0 Å². The molecule has 0 radical (unpaired) electrons. The van der Waals surface area contributed by atoms with Gasteiger partial charge < -0.3 is 40.9 Å². The van der Waals surface area contributed by atoms with Crippen LogP contribution in [0.5, 0.6) is 0 Å². The number of phosphoric ester groups is 1. The summed E-state index contributed by atoms with van der Waals surface area (Å²) in [6, 6.07) is 1.12. The molecule has 0 saturated carbocycles. The molecule has 6 unspecified atom stereocenters. The van der Waals surface area contributed by atoms with Crippen LogP contribution in [0.3, 0.4) is 0 Å². The Labute approximate surface area is 171 Å². The fourth-order valence-corrected chi connectivity index (χ4v) is 5.57. The maximum Gasteiger partial charge on any atom is 0.490 e. The molecule has 1 saturated heterocycles. The van der Waals surface area contributed by atoms with E-state index in [0.29, 0.717) is 4.57 Å². The number of phosphoric acid groups is 3. The van der Waals surface area contributed by atoms with E-state index in [9.17, 15) is 32.9 Å². The van der Waals surface area contributed by atoms with Crippen molar-refractivity contribution in [2.45, 2.75) is 24.1 Å². The number of aromatic nitrogens is 2. The van der Waals surface area contributed by atoms with Crippen LogP contribution in [-0.2, 0) is 31.6 Å². The van der Waals surface area contributed by atoms with E-state index in [2.05, 4.69) is 18.1 Å². The molecule has 17 nitrogen and oxygen atoms in total. The SMILES string of the molecule is NCC1(COP(=O)(O)OP(=O)(O)OP(=O)(O)O)OC(n2ccc(N)nc2=O)C(F)C1O. The summed E-state index contributed by atoms with van der Waals surface area (Å²) in [6.45, 7) is -1.99. The molecule has 0 aliphatic carbocycles. The van der Waals surface area contributed by atoms with E-state index in [1.165, 1.54) is 0 Å². The average Bonchev–Trinajstić information content (AvgIpc) is 2.82. The minimum Gasteiger partial charge on any atom is -0.387 e. The van der Waals surface area contributed by atoms with E-state index in [1.54, 1.807) is 0 Å². The molecule has 0 spiro atoms. The number of nitrogens with two attached hydrogens (primary N) is 2. The first-order chi connectivity index (χ1) is 14.0. The number of nitrogen functional groups attached to an aromatic ring is 1. The normalized spacial score (nSPS) is 30.6. The molecule has 1 aliphatic heterocycles. The number of hydrogen-bond acceptors (Lipinski definition) is 12. The summed E-state index contributed by atoms with van der Waals surface area (Å²) >= 11 is 0. The third-order valence-corrected chi connectivity index (χ3v) is 7.61. The molecular formula is C10H18FN4O13P3. The molecule has 1 aliphatic rings. The molecular weight excluding hydrogens is 496 g/mol. The molecule has 9 N–H and O–H groups in total. The number of ether oxygens (including phenoxy) is 1. The zero-order valence-electron chi connectivity index (χ0n) is 15.1. The fourth-order valence-electron chi connectivity index (χ4n) is 2.49. The molecule has 31 heavy (non-hydrogen) atoms. The van der Waals surface area contributed by atoms with Crippen LogP contribution in [0.2, 0.25) is 0 Å². The Balaban J connectivity index is 2.20. The fraction of sp³-hybridized carbons (Fsp3) is 0.600. The molecule has 21 heteroatoms. The van der Waals surface area contributed by atoms with Crippen molar-refractivity contribution < 1.29 is 60.6 Å². The van der Waals surface area contributed by atoms with Gasteiger partial charge in [0.15, 0.2) is 12.4 Å². The lowest BCUT2D eigenvalue weighted by Crippen LogP contribution is -2.51. The lowest BCUT2D eigenvalue weighted by Gasteiger charge is -2.30. The van der Waals surface area contributed by atoms with Crippen molar-refractivity contribution in [2.75, 3.05) is 18.9 Å².